The smallest absolute Gasteiger partial charge is 0.387 e. The highest BCUT2D eigenvalue weighted by atomic mass is 35.5. The van der Waals surface area contributed by atoms with Gasteiger partial charge in [-0.25, -0.2) is 0 Å². The Hall–Kier alpha value is -1.59. The van der Waals surface area contributed by atoms with E-state index in [0.717, 1.165) is 5.56 Å². The lowest BCUT2D eigenvalue weighted by Crippen LogP contribution is -2.08. The van der Waals surface area contributed by atoms with Gasteiger partial charge in [0.2, 0.25) is 0 Å². The summed E-state index contributed by atoms with van der Waals surface area (Å²) in [6, 6.07) is 6.67. The third kappa shape index (κ3) is 4.19. The Morgan fingerprint density at radius 3 is 2.43 bits per heavy atom. The van der Waals surface area contributed by atoms with Gasteiger partial charge in [0, 0.05) is 18.1 Å². The average Bonchev–Trinajstić information content (AvgIpc) is 2.43. The van der Waals surface area contributed by atoms with Gasteiger partial charge in [0.1, 0.15) is 0 Å². The van der Waals surface area contributed by atoms with Crippen LogP contribution in [0.1, 0.15) is 18.5 Å². The number of nitrogens with one attached hydrogen (secondary N) is 1. The molecule has 0 aliphatic heterocycles. The molecule has 1 atom stereocenters. The molecular formula is C14H12Cl2F2N2O. The molecule has 1 unspecified atom stereocenters. The maximum absolute atomic E-state index is 12.3. The van der Waals surface area contributed by atoms with Crippen LogP contribution in [0.2, 0.25) is 10.0 Å². The Kier molecular flexibility index (Phi) is 5.20. The van der Waals surface area contributed by atoms with Crippen LogP contribution in [-0.4, -0.2) is 11.6 Å². The van der Waals surface area contributed by atoms with Crippen molar-refractivity contribution in [2.24, 2.45) is 0 Å². The molecular weight excluding hydrogens is 321 g/mol. The lowest BCUT2D eigenvalue weighted by molar-refractivity contribution is -0.0497. The van der Waals surface area contributed by atoms with E-state index in [4.69, 9.17) is 23.2 Å². The van der Waals surface area contributed by atoms with E-state index in [1.165, 1.54) is 12.1 Å². The van der Waals surface area contributed by atoms with Gasteiger partial charge in [-0.05, 0) is 30.7 Å². The summed E-state index contributed by atoms with van der Waals surface area (Å²) in [7, 11) is 0. The molecule has 0 bridgehead atoms. The van der Waals surface area contributed by atoms with E-state index in [9.17, 15) is 8.78 Å². The number of anilines is 1. The zero-order chi connectivity index (χ0) is 15.4. The number of alkyl halides is 2. The van der Waals surface area contributed by atoms with E-state index in [1.54, 1.807) is 12.4 Å². The Morgan fingerprint density at radius 2 is 1.90 bits per heavy atom. The number of pyridine rings is 1. The highest BCUT2D eigenvalue weighted by molar-refractivity contribution is 6.37. The summed E-state index contributed by atoms with van der Waals surface area (Å²) in [6.07, 6.45) is 3.41. The summed E-state index contributed by atoms with van der Waals surface area (Å²) < 4.78 is 28.8. The van der Waals surface area contributed by atoms with Crippen LogP contribution in [0, 0.1) is 0 Å². The number of hydrogen-bond donors (Lipinski definition) is 1. The molecule has 0 radical (unpaired) electrons. The predicted octanol–water partition coefficient (Wildman–Crippen LogP) is 5.16. The van der Waals surface area contributed by atoms with Crippen molar-refractivity contribution in [2.75, 3.05) is 5.32 Å². The third-order valence-electron chi connectivity index (χ3n) is 2.77. The van der Waals surface area contributed by atoms with Crippen molar-refractivity contribution >= 4 is 28.9 Å². The number of benzene rings is 1. The molecule has 1 N–H and O–H groups in total. The minimum atomic E-state index is -2.98. The highest BCUT2D eigenvalue weighted by Crippen LogP contribution is 2.37. The molecule has 3 nitrogen and oxygen atoms in total. The van der Waals surface area contributed by atoms with Gasteiger partial charge in [-0.1, -0.05) is 29.3 Å². The number of rotatable bonds is 5. The van der Waals surface area contributed by atoms with Crippen LogP contribution in [-0.2, 0) is 0 Å². The van der Waals surface area contributed by atoms with Crippen molar-refractivity contribution in [3.05, 3.63) is 52.3 Å². The van der Waals surface area contributed by atoms with E-state index in [-0.39, 0.29) is 21.8 Å². The summed E-state index contributed by atoms with van der Waals surface area (Å²) in [5.41, 5.74) is 1.57. The van der Waals surface area contributed by atoms with Crippen LogP contribution in [0.15, 0.2) is 36.7 Å². The first-order chi connectivity index (χ1) is 9.97. The molecule has 0 fully saturated rings. The molecule has 1 heterocycles. The SMILES string of the molecule is CC(Nc1cc(Cl)c(OC(F)F)c(Cl)c1)c1cccnc1. The fraction of sp³-hybridized carbons (Fsp3) is 0.214. The number of nitrogens with zero attached hydrogens (tertiary/aromatic N) is 1. The van der Waals surface area contributed by atoms with Crippen LogP contribution < -0.4 is 10.1 Å². The number of ether oxygens (including phenoxy) is 1. The second-order valence-electron chi connectivity index (χ2n) is 4.30. The molecule has 7 heteroatoms. The molecule has 0 saturated carbocycles. The van der Waals surface area contributed by atoms with E-state index in [1.807, 2.05) is 19.1 Å². The van der Waals surface area contributed by atoms with Crippen LogP contribution in [0.5, 0.6) is 5.75 Å². The first kappa shape index (κ1) is 15.8. The van der Waals surface area contributed by atoms with Crippen molar-refractivity contribution in [2.45, 2.75) is 19.6 Å². The second kappa shape index (κ2) is 6.91. The molecule has 112 valence electrons. The van der Waals surface area contributed by atoms with Gasteiger partial charge in [-0.3, -0.25) is 4.98 Å². The molecule has 2 rings (SSSR count). The minimum Gasteiger partial charge on any atom is -0.432 e. The zero-order valence-electron chi connectivity index (χ0n) is 11.0. The van der Waals surface area contributed by atoms with Gasteiger partial charge in [-0.15, -0.1) is 0 Å². The standard InChI is InChI=1S/C14H12Cl2F2N2O/c1-8(9-3-2-4-19-7-9)20-10-5-11(15)13(12(16)6-10)21-14(17)18/h2-8,14,20H,1H3. The monoisotopic (exact) mass is 332 g/mol. The molecule has 0 aliphatic rings. The van der Waals surface area contributed by atoms with Crippen LogP contribution >= 0.6 is 23.2 Å². The maximum Gasteiger partial charge on any atom is 0.387 e. The Balaban J connectivity index is 2.18. The van der Waals surface area contributed by atoms with E-state index in [0.29, 0.717) is 5.69 Å². The first-order valence-electron chi connectivity index (χ1n) is 6.07. The van der Waals surface area contributed by atoms with Gasteiger partial charge in [-0.2, -0.15) is 8.78 Å². The van der Waals surface area contributed by atoms with Crippen molar-refractivity contribution in [1.29, 1.82) is 0 Å². The number of aromatic nitrogens is 1. The summed E-state index contributed by atoms with van der Waals surface area (Å²) >= 11 is 11.8. The van der Waals surface area contributed by atoms with E-state index in [2.05, 4.69) is 15.0 Å². The predicted molar refractivity (Wildman–Crippen MR) is 79.4 cm³/mol. The number of hydrogen-bond acceptors (Lipinski definition) is 3. The maximum atomic E-state index is 12.3. The lowest BCUT2D eigenvalue weighted by Gasteiger charge is -2.17. The van der Waals surface area contributed by atoms with Crippen molar-refractivity contribution in [3.63, 3.8) is 0 Å². The fourth-order valence-corrected chi connectivity index (χ4v) is 2.39. The molecule has 0 spiro atoms. The summed E-state index contributed by atoms with van der Waals surface area (Å²) in [6.45, 7) is -1.05. The average molecular weight is 333 g/mol. The van der Waals surface area contributed by atoms with Crippen LogP contribution in [0.3, 0.4) is 0 Å². The fourth-order valence-electron chi connectivity index (χ4n) is 1.81. The van der Waals surface area contributed by atoms with Gasteiger partial charge in [0.25, 0.3) is 0 Å². The molecule has 0 amide bonds. The lowest BCUT2D eigenvalue weighted by atomic mass is 10.1. The molecule has 0 saturated heterocycles. The van der Waals surface area contributed by atoms with E-state index < -0.39 is 6.61 Å². The normalized spacial score (nSPS) is 12.3. The molecule has 21 heavy (non-hydrogen) atoms. The summed E-state index contributed by atoms with van der Waals surface area (Å²) in [5, 5.41) is 3.20. The zero-order valence-corrected chi connectivity index (χ0v) is 12.5. The van der Waals surface area contributed by atoms with Crippen LogP contribution in [0.4, 0.5) is 14.5 Å². The van der Waals surface area contributed by atoms with E-state index >= 15 is 0 Å². The largest absolute Gasteiger partial charge is 0.432 e. The second-order valence-corrected chi connectivity index (χ2v) is 5.11. The van der Waals surface area contributed by atoms with Crippen molar-refractivity contribution < 1.29 is 13.5 Å². The molecule has 1 aromatic heterocycles. The topological polar surface area (TPSA) is 34.1 Å². The molecule has 2 aromatic rings. The Labute approximate surface area is 130 Å². The van der Waals surface area contributed by atoms with Gasteiger partial charge in [0.05, 0.1) is 16.1 Å². The van der Waals surface area contributed by atoms with Crippen molar-refractivity contribution in [3.8, 4) is 5.75 Å². The summed E-state index contributed by atoms with van der Waals surface area (Å²) in [4.78, 5) is 4.03. The number of halogens is 4. The molecule has 1 aromatic carbocycles. The van der Waals surface area contributed by atoms with Gasteiger partial charge in [0.15, 0.2) is 5.75 Å². The van der Waals surface area contributed by atoms with Crippen LogP contribution in [0.25, 0.3) is 0 Å². The third-order valence-corrected chi connectivity index (χ3v) is 3.33. The van der Waals surface area contributed by atoms with Gasteiger partial charge >= 0.3 is 6.61 Å². The Bertz CT molecular complexity index is 588. The Morgan fingerprint density at radius 1 is 1.24 bits per heavy atom. The van der Waals surface area contributed by atoms with Gasteiger partial charge < -0.3 is 10.1 Å². The quantitative estimate of drug-likeness (QED) is 0.820. The summed E-state index contributed by atoms with van der Waals surface area (Å²) in [5.74, 6) is -0.229. The molecule has 0 aliphatic carbocycles. The van der Waals surface area contributed by atoms with Crippen molar-refractivity contribution in [1.82, 2.24) is 4.98 Å². The highest BCUT2D eigenvalue weighted by Gasteiger charge is 2.15. The first-order valence-corrected chi connectivity index (χ1v) is 6.83. The minimum absolute atomic E-state index is 0.0173.